The number of benzene rings is 1. The van der Waals surface area contributed by atoms with Crippen molar-refractivity contribution in [2.24, 2.45) is 0 Å². The van der Waals surface area contributed by atoms with Crippen molar-refractivity contribution < 1.29 is 14.6 Å². The number of hydrogen-bond acceptors (Lipinski definition) is 4. The molecule has 3 unspecified atom stereocenters. The zero-order chi connectivity index (χ0) is 13.2. The van der Waals surface area contributed by atoms with Crippen LogP contribution in [0.1, 0.15) is 24.5 Å². The van der Waals surface area contributed by atoms with Crippen molar-refractivity contribution >= 4 is 0 Å². The van der Waals surface area contributed by atoms with Crippen LogP contribution in [0.3, 0.4) is 0 Å². The molecule has 19 heavy (non-hydrogen) atoms. The molecular weight excluding hydrogens is 242 g/mol. The van der Waals surface area contributed by atoms with Crippen molar-refractivity contribution in [2.75, 3.05) is 26.8 Å². The Kier molecular flexibility index (Phi) is 3.73. The van der Waals surface area contributed by atoms with Crippen LogP contribution in [0.5, 0.6) is 5.75 Å². The summed E-state index contributed by atoms with van der Waals surface area (Å²) in [4.78, 5) is 2.44. The van der Waals surface area contributed by atoms with Gasteiger partial charge in [-0.2, -0.15) is 0 Å². The average Bonchev–Trinajstić information content (AvgIpc) is 2.93. The lowest BCUT2D eigenvalue weighted by molar-refractivity contribution is -0.104. The fraction of sp³-hybridized carbons (Fsp3) is 0.600. The summed E-state index contributed by atoms with van der Waals surface area (Å²) in [6.45, 7) is 2.67. The van der Waals surface area contributed by atoms with E-state index in [9.17, 15) is 5.11 Å². The SMILES string of the molecule is COc1ccccc1C(O)C1CN2CCCC2CO1. The first-order valence-corrected chi connectivity index (χ1v) is 6.96. The topological polar surface area (TPSA) is 41.9 Å². The first-order valence-electron chi connectivity index (χ1n) is 6.96. The minimum atomic E-state index is -0.627. The number of nitrogens with zero attached hydrogens (tertiary/aromatic N) is 1. The smallest absolute Gasteiger partial charge is 0.124 e. The molecule has 104 valence electrons. The Hall–Kier alpha value is -1.10. The molecule has 4 nitrogen and oxygen atoms in total. The van der Waals surface area contributed by atoms with Gasteiger partial charge >= 0.3 is 0 Å². The number of fused-ring (bicyclic) bond motifs is 1. The second-order valence-corrected chi connectivity index (χ2v) is 5.35. The van der Waals surface area contributed by atoms with Crippen LogP contribution in [0.15, 0.2) is 24.3 Å². The van der Waals surface area contributed by atoms with E-state index in [-0.39, 0.29) is 6.10 Å². The molecule has 0 spiro atoms. The Morgan fingerprint density at radius 1 is 1.42 bits per heavy atom. The number of rotatable bonds is 3. The van der Waals surface area contributed by atoms with Gasteiger partial charge in [0.2, 0.25) is 0 Å². The molecule has 2 aliphatic rings. The van der Waals surface area contributed by atoms with Gasteiger partial charge in [-0.05, 0) is 25.5 Å². The molecule has 1 N–H and O–H groups in total. The number of ether oxygens (including phenoxy) is 2. The molecule has 0 saturated carbocycles. The molecule has 2 aliphatic heterocycles. The van der Waals surface area contributed by atoms with E-state index in [0.29, 0.717) is 6.04 Å². The van der Waals surface area contributed by atoms with Gasteiger partial charge in [0.1, 0.15) is 18.0 Å². The molecule has 0 radical (unpaired) electrons. The molecule has 4 heteroatoms. The van der Waals surface area contributed by atoms with Gasteiger partial charge in [0, 0.05) is 18.2 Å². The van der Waals surface area contributed by atoms with Crippen molar-refractivity contribution in [3.63, 3.8) is 0 Å². The Labute approximate surface area is 113 Å². The summed E-state index contributed by atoms with van der Waals surface area (Å²) in [7, 11) is 1.63. The summed E-state index contributed by atoms with van der Waals surface area (Å²) in [5.41, 5.74) is 0.813. The minimum Gasteiger partial charge on any atom is -0.496 e. The minimum absolute atomic E-state index is 0.161. The van der Waals surface area contributed by atoms with E-state index in [1.165, 1.54) is 12.8 Å². The third-order valence-corrected chi connectivity index (χ3v) is 4.23. The van der Waals surface area contributed by atoms with Crippen LogP contribution in [0.2, 0.25) is 0 Å². The highest BCUT2D eigenvalue weighted by atomic mass is 16.5. The predicted molar refractivity (Wildman–Crippen MR) is 72.3 cm³/mol. The Morgan fingerprint density at radius 3 is 3.11 bits per heavy atom. The highest BCUT2D eigenvalue weighted by Gasteiger charge is 2.36. The van der Waals surface area contributed by atoms with Crippen molar-refractivity contribution in [1.82, 2.24) is 4.90 Å². The molecule has 2 saturated heterocycles. The molecule has 3 rings (SSSR count). The van der Waals surface area contributed by atoms with E-state index in [1.807, 2.05) is 24.3 Å². The van der Waals surface area contributed by atoms with Gasteiger partial charge in [0.05, 0.1) is 13.7 Å². The maximum atomic E-state index is 10.5. The molecular formula is C15H21NO3. The van der Waals surface area contributed by atoms with E-state index in [0.717, 1.165) is 31.0 Å². The lowest BCUT2D eigenvalue weighted by Crippen LogP contribution is -2.48. The molecule has 0 aromatic heterocycles. The van der Waals surface area contributed by atoms with Crippen molar-refractivity contribution in [1.29, 1.82) is 0 Å². The third-order valence-electron chi connectivity index (χ3n) is 4.23. The van der Waals surface area contributed by atoms with Crippen molar-refractivity contribution in [3.05, 3.63) is 29.8 Å². The standard InChI is InChI=1S/C15H21NO3/c1-18-13-7-3-2-6-12(13)15(17)14-9-16-8-4-5-11(16)10-19-14/h2-3,6-7,11,14-15,17H,4-5,8-10H2,1H3. The normalized spacial score (nSPS) is 28.9. The van der Waals surface area contributed by atoms with Crippen LogP contribution in [0.25, 0.3) is 0 Å². The number of morpholine rings is 1. The Bertz CT molecular complexity index is 437. The zero-order valence-electron chi connectivity index (χ0n) is 11.3. The molecule has 0 amide bonds. The van der Waals surface area contributed by atoms with Crippen LogP contribution in [-0.2, 0) is 4.74 Å². The lowest BCUT2D eigenvalue weighted by atomic mass is 10.0. The van der Waals surface area contributed by atoms with Gasteiger partial charge in [-0.25, -0.2) is 0 Å². The highest BCUT2D eigenvalue weighted by molar-refractivity contribution is 5.35. The second-order valence-electron chi connectivity index (χ2n) is 5.35. The number of aliphatic hydroxyl groups excluding tert-OH is 1. The van der Waals surface area contributed by atoms with Crippen LogP contribution in [-0.4, -0.2) is 49.0 Å². The first-order chi connectivity index (χ1) is 9.29. The van der Waals surface area contributed by atoms with Gasteiger partial charge in [0.15, 0.2) is 0 Å². The summed E-state index contributed by atoms with van der Waals surface area (Å²) >= 11 is 0. The molecule has 2 fully saturated rings. The Balaban J connectivity index is 1.74. The number of para-hydroxylation sites is 1. The van der Waals surface area contributed by atoms with Gasteiger partial charge in [-0.15, -0.1) is 0 Å². The van der Waals surface area contributed by atoms with Crippen LogP contribution >= 0.6 is 0 Å². The van der Waals surface area contributed by atoms with Gasteiger partial charge in [-0.3, -0.25) is 4.90 Å². The summed E-state index contributed by atoms with van der Waals surface area (Å²) in [5.74, 6) is 0.724. The summed E-state index contributed by atoms with van der Waals surface area (Å²) < 4.78 is 11.2. The van der Waals surface area contributed by atoms with E-state index < -0.39 is 6.10 Å². The van der Waals surface area contributed by atoms with Crippen molar-refractivity contribution in [2.45, 2.75) is 31.1 Å². The summed E-state index contributed by atoms with van der Waals surface area (Å²) in [6.07, 6.45) is 1.67. The fourth-order valence-electron chi connectivity index (χ4n) is 3.14. The number of methoxy groups -OCH3 is 1. The molecule has 3 atom stereocenters. The maximum absolute atomic E-state index is 10.5. The molecule has 1 aromatic rings. The fourth-order valence-corrected chi connectivity index (χ4v) is 3.14. The molecule has 1 aromatic carbocycles. The first kappa shape index (κ1) is 12.9. The highest BCUT2D eigenvalue weighted by Crippen LogP contribution is 2.32. The predicted octanol–water partition coefficient (Wildman–Crippen LogP) is 1.59. The largest absolute Gasteiger partial charge is 0.496 e. The average molecular weight is 263 g/mol. The third kappa shape index (κ3) is 2.48. The van der Waals surface area contributed by atoms with E-state index in [2.05, 4.69) is 4.90 Å². The molecule has 0 aliphatic carbocycles. The summed E-state index contributed by atoms with van der Waals surface area (Å²) in [6, 6.07) is 8.17. The molecule has 0 bridgehead atoms. The van der Waals surface area contributed by atoms with E-state index in [4.69, 9.17) is 9.47 Å². The Morgan fingerprint density at radius 2 is 2.26 bits per heavy atom. The lowest BCUT2D eigenvalue weighted by Gasteiger charge is -2.37. The monoisotopic (exact) mass is 263 g/mol. The van der Waals surface area contributed by atoms with Gasteiger partial charge in [-0.1, -0.05) is 18.2 Å². The van der Waals surface area contributed by atoms with Gasteiger partial charge < -0.3 is 14.6 Å². The second kappa shape index (κ2) is 5.49. The number of hydrogen-bond donors (Lipinski definition) is 1. The number of aliphatic hydroxyl groups is 1. The zero-order valence-corrected chi connectivity index (χ0v) is 11.3. The summed E-state index contributed by atoms with van der Waals surface area (Å²) in [5, 5.41) is 10.5. The quantitative estimate of drug-likeness (QED) is 0.899. The van der Waals surface area contributed by atoms with Gasteiger partial charge in [0.25, 0.3) is 0 Å². The van der Waals surface area contributed by atoms with Crippen molar-refractivity contribution in [3.8, 4) is 5.75 Å². The van der Waals surface area contributed by atoms with Crippen LogP contribution < -0.4 is 4.74 Å². The van der Waals surface area contributed by atoms with Crippen LogP contribution in [0.4, 0.5) is 0 Å². The maximum Gasteiger partial charge on any atom is 0.124 e. The molecule has 2 heterocycles. The van der Waals surface area contributed by atoms with E-state index in [1.54, 1.807) is 7.11 Å². The van der Waals surface area contributed by atoms with Crippen LogP contribution in [0, 0.1) is 0 Å². The van der Waals surface area contributed by atoms with E-state index >= 15 is 0 Å².